The minimum Gasteiger partial charge on any atom is -0.393 e. The Kier molecular flexibility index (Phi) is 7.87. The zero-order valence-corrected chi connectivity index (χ0v) is 10.1. The van der Waals surface area contributed by atoms with Crippen molar-refractivity contribution in [1.29, 1.82) is 0 Å². The summed E-state index contributed by atoms with van der Waals surface area (Å²) in [6.45, 7) is 10.3. The van der Waals surface area contributed by atoms with Crippen LogP contribution in [0.4, 0.5) is 0 Å². The van der Waals surface area contributed by atoms with Gasteiger partial charge in [-0.1, -0.05) is 32.3 Å². The normalized spacial score (nSPS) is 13.2. The van der Waals surface area contributed by atoms with Gasteiger partial charge in [-0.05, 0) is 38.5 Å². The van der Waals surface area contributed by atoms with Crippen LogP contribution in [0.15, 0.2) is 12.2 Å². The lowest BCUT2D eigenvalue weighted by molar-refractivity contribution is 0.0882. The molecule has 0 radical (unpaired) electrons. The number of hydrogen-bond donors (Lipinski definition) is 1. The molecule has 0 saturated heterocycles. The maximum absolute atomic E-state index is 9.98. The Labute approximate surface area is 89.2 Å². The fourth-order valence-electron chi connectivity index (χ4n) is 1.90. The van der Waals surface area contributed by atoms with Gasteiger partial charge in [0.25, 0.3) is 0 Å². The van der Waals surface area contributed by atoms with Gasteiger partial charge in [0.1, 0.15) is 0 Å². The Hall–Kier alpha value is -0.300. The first-order valence-electron chi connectivity index (χ1n) is 5.94. The van der Waals surface area contributed by atoms with Crippen molar-refractivity contribution in [2.45, 2.75) is 65.4 Å². The Balaban J connectivity index is 3.86. The SMILES string of the molecule is C=C(C)CCC(O)C(CCC)CCC. The minimum atomic E-state index is -0.119. The molecule has 0 aliphatic carbocycles. The van der Waals surface area contributed by atoms with Crippen molar-refractivity contribution < 1.29 is 5.11 Å². The molecular weight excluding hydrogens is 172 g/mol. The van der Waals surface area contributed by atoms with Gasteiger partial charge < -0.3 is 5.11 Å². The Bertz CT molecular complexity index is 145. The van der Waals surface area contributed by atoms with Crippen molar-refractivity contribution in [3.05, 3.63) is 12.2 Å². The zero-order valence-electron chi connectivity index (χ0n) is 10.1. The van der Waals surface area contributed by atoms with Crippen LogP contribution in [0.25, 0.3) is 0 Å². The van der Waals surface area contributed by atoms with Crippen molar-refractivity contribution in [2.75, 3.05) is 0 Å². The number of aliphatic hydroxyl groups is 1. The smallest absolute Gasteiger partial charge is 0.0571 e. The Morgan fingerprint density at radius 2 is 1.64 bits per heavy atom. The summed E-state index contributed by atoms with van der Waals surface area (Å²) < 4.78 is 0. The molecule has 0 fully saturated rings. The highest BCUT2D eigenvalue weighted by Gasteiger charge is 2.16. The van der Waals surface area contributed by atoms with Crippen molar-refractivity contribution in [2.24, 2.45) is 5.92 Å². The van der Waals surface area contributed by atoms with Crippen LogP contribution in [-0.2, 0) is 0 Å². The predicted octanol–water partition coefficient (Wildman–Crippen LogP) is 3.92. The third kappa shape index (κ3) is 6.20. The van der Waals surface area contributed by atoms with Gasteiger partial charge in [0.2, 0.25) is 0 Å². The third-order valence-electron chi connectivity index (χ3n) is 2.73. The van der Waals surface area contributed by atoms with Crippen molar-refractivity contribution in [3.8, 4) is 0 Å². The lowest BCUT2D eigenvalue weighted by atomic mass is 9.89. The highest BCUT2D eigenvalue weighted by molar-refractivity contribution is 4.88. The van der Waals surface area contributed by atoms with E-state index in [0.29, 0.717) is 5.92 Å². The molecule has 1 nitrogen and oxygen atoms in total. The van der Waals surface area contributed by atoms with Crippen molar-refractivity contribution in [1.82, 2.24) is 0 Å². The molecule has 0 spiro atoms. The van der Waals surface area contributed by atoms with E-state index < -0.39 is 0 Å². The molecule has 0 aromatic heterocycles. The van der Waals surface area contributed by atoms with E-state index in [1.165, 1.54) is 18.4 Å². The van der Waals surface area contributed by atoms with Gasteiger partial charge in [-0.15, -0.1) is 6.58 Å². The summed E-state index contributed by atoms with van der Waals surface area (Å²) in [5.74, 6) is 0.504. The zero-order chi connectivity index (χ0) is 11.0. The van der Waals surface area contributed by atoms with Crippen LogP contribution in [0.5, 0.6) is 0 Å². The van der Waals surface area contributed by atoms with E-state index >= 15 is 0 Å². The van der Waals surface area contributed by atoms with Crippen LogP contribution in [0.1, 0.15) is 59.3 Å². The molecule has 14 heavy (non-hydrogen) atoms. The summed E-state index contributed by atoms with van der Waals surface area (Å²) in [5, 5.41) is 9.98. The fourth-order valence-corrected chi connectivity index (χ4v) is 1.90. The molecule has 0 aliphatic rings. The summed E-state index contributed by atoms with van der Waals surface area (Å²) >= 11 is 0. The maximum atomic E-state index is 9.98. The Morgan fingerprint density at radius 1 is 1.14 bits per heavy atom. The average molecular weight is 198 g/mol. The van der Waals surface area contributed by atoms with Gasteiger partial charge in [-0.3, -0.25) is 0 Å². The molecule has 0 aromatic rings. The second-order valence-electron chi connectivity index (χ2n) is 4.40. The van der Waals surface area contributed by atoms with Gasteiger partial charge >= 0.3 is 0 Å². The van der Waals surface area contributed by atoms with E-state index in [4.69, 9.17) is 0 Å². The van der Waals surface area contributed by atoms with E-state index in [-0.39, 0.29) is 6.10 Å². The summed E-state index contributed by atoms with van der Waals surface area (Å²) in [5.41, 5.74) is 1.18. The molecule has 1 heteroatoms. The summed E-state index contributed by atoms with van der Waals surface area (Å²) in [6.07, 6.45) is 6.40. The first kappa shape index (κ1) is 13.7. The van der Waals surface area contributed by atoms with Crippen molar-refractivity contribution in [3.63, 3.8) is 0 Å². The molecule has 0 aliphatic heterocycles. The molecule has 0 heterocycles. The molecule has 1 N–H and O–H groups in total. The molecule has 1 unspecified atom stereocenters. The molecule has 0 amide bonds. The average Bonchev–Trinajstić information content (AvgIpc) is 2.14. The second-order valence-corrected chi connectivity index (χ2v) is 4.40. The maximum Gasteiger partial charge on any atom is 0.0571 e. The van der Waals surface area contributed by atoms with E-state index in [0.717, 1.165) is 25.7 Å². The molecule has 0 aromatic carbocycles. The second kappa shape index (κ2) is 8.05. The quantitative estimate of drug-likeness (QED) is 0.586. The Morgan fingerprint density at radius 3 is 2.00 bits per heavy atom. The van der Waals surface area contributed by atoms with Gasteiger partial charge in [0.05, 0.1) is 6.10 Å². The van der Waals surface area contributed by atoms with Gasteiger partial charge in [-0.2, -0.15) is 0 Å². The lowest BCUT2D eigenvalue weighted by Gasteiger charge is -2.22. The van der Waals surface area contributed by atoms with Crippen LogP contribution in [0.2, 0.25) is 0 Å². The van der Waals surface area contributed by atoms with Crippen LogP contribution in [0, 0.1) is 5.92 Å². The van der Waals surface area contributed by atoms with Crippen LogP contribution in [0.3, 0.4) is 0 Å². The standard InChI is InChI=1S/C13H26O/c1-5-7-12(8-6-2)13(14)10-9-11(3)4/h12-14H,3,5-10H2,1-2,4H3. The number of allylic oxidation sites excluding steroid dienone is 1. The van der Waals surface area contributed by atoms with E-state index in [1.807, 2.05) is 6.92 Å². The molecule has 84 valence electrons. The summed E-state index contributed by atoms with van der Waals surface area (Å²) in [7, 11) is 0. The minimum absolute atomic E-state index is 0.119. The largest absolute Gasteiger partial charge is 0.393 e. The predicted molar refractivity (Wildman–Crippen MR) is 63.4 cm³/mol. The third-order valence-corrected chi connectivity index (χ3v) is 2.73. The highest BCUT2D eigenvalue weighted by Crippen LogP contribution is 2.21. The van der Waals surface area contributed by atoms with Crippen LogP contribution in [-0.4, -0.2) is 11.2 Å². The number of rotatable bonds is 8. The summed E-state index contributed by atoms with van der Waals surface area (Å²) in [6, 6.07) is 0. The monoisotopic (exact) mass is 198 g/mol. The van der Waals surface area contributed by atoms with Gasteiger partial charge in [0, 0.05) is 0 Å². The van der Waals surface area contributed by atoms with Crippen LogP contribution < -0.4 is 0 Å². The number of hydrogen-bond acceptors (Lipinski definition) is 1. The molecule has 0 bridgehead atoms. The van der Waals surface area contributed by atoms with Gasteiger partial charge in [-0.25, -0.2) is 0 Å². The molecule has 0 saturated carbocycles. The first-order valence-corrected chi connectivity index (χ1v) is 5.94. The van der Waals surface area contributed by atoms with E-state index in [2.05, 4.69) is 20.4 Å². The lowest BCUT2D eigenvalue weighted by Crippen LogP contribution is -2.20. The molecular formula is C13H26O. The molecule has 1 atom stereocenters. The first-order chi connectivity index (χ1) is 6.61. The van der Waals surface area contributed by atoms with Gasteiger partial charge in [0.15, 0.2) is 0 Å². The van der Waals surface area contributed by atoms with Crippen LogP contribution >= 0.6 is 0 Å². The van der Waals surface area contributed by atoms with E-state index in [9.17, 15) is 5.11 Å². The summed E-state index contributed by atoms with van der Waals surface area (Å²) in [4.78, 5) is 0. The topological polar surface area (TPSA) is 20.2 Å². The van der Waals surface area contributed by atoms with E-state index in [1.54, 1.807) is 0 Å². The molecule has 0 rings (SSSR count). The highest BCUT2D eigenvalue weighted by atomic mass is 16.3. The fraction of sp³-hybridized carbons (Fsp3) is 0.846. The number of aliphatic hydroxyl groups excluding tert-OH is 1. The van der Waals surface area contributed by atoms with Crippen molar-refractivity contribution >= 4 is 0 Å².